The van der Waals surface area contributed by atoms with E-state index < -0.39 is 0 Å². The molecule has 0 spiro atoms. The van der Waals surface area contributed by atoms with Crippen molar-refractivity contribution in [3.8, 4) is 0 Å². The number of ether oxygens (including phenoxy) is 1. The lowest BCUT2D eigenvalue weighted by atomic mass is 9.92. The molecular formula is C13H28N2O. The van der Waals surface area contributed by atoms with Gasteiger partial charge in [0.15, 0.2) is 0 Å². The Kier molecular flexibility index (Phi) is 5.22. The van der Waals surface area contributed by atoms with Crippen LogP contribution in [0.25, 0.3) is 0 Å². The third-order valence-corrected chi connectivity index (χ3v) is 3.20. The minimum Gasteiger partial charge on any atom is -0.374 e. The minimum atomic E-state index is 0.346. The van der Waals surface area contributed by atoms with E-state index in [1.54, 1.807) is 0 Å². The van der Waals surface area contributed by atoms with Crippen LogP contribution in [0.2, 0.25) is 0 Å². The van der Waals surface area contributed by atoms with Crippen LogP contribution in [-0.4, -0.2) is 50.3 Å². The van der Waals surface area contributed by atoms with Gasteiger partial charge in [-0.3, -0.25) is 0 Å². The van der Waals surface area contributed by atoms with Gasteiger partial charge in [-0.2, -0.15) is 0 Å². The minimum absolute atomic E-state index is 0.346. The average Bonchev–Trinajstić information content (AvgIpc) is 2.15. The van der Waals surface area contributed by atoms with Crippen molar-refractivity contribution in [3.05, 3.63) is 0 Å². The summed E-state index contributed by atoms with van der Waals surface area (Å²) in [6.07, 6.45) is 1.55. The summed E-state index contributed by atoms with van der Waals surface area (Å²) in [5.41, 5.74) is 0.414. The molecule has 1 rings (SSSR count). The van der Waals surface area contributed by atoms with E-state index in [9.17, 15) is 0 Å². The molecule has 3 nitrogen and oxygen atoms in total. The van der Waals surface area contributed by atoms with Gasteiger partial charge in [0.1, 0.15) is 0 Å². The first kappa shape index (κ1) is 13.9. The zero-order chi connectivity index (χ0) is 12.2. The topological polar surface area (TPSA) is 24.5 Å². The molecule has 1 saturated heterocycles. The van der Waals surface area contributed by atoms with Crippen molar-refractivity contribution in [1.29, 1.82) is 0 Å². The highest BCUT2D eigenvalue weighted by Crippen LogP contribution is 2.17. The molecule has 1 N–H and O–H groups in total. The van der Waals surface area contributed by atoms with E-state index in [1.165, 1.54) is 6.42 Å². The van der Waals surface area contributed by atoms with Gasteiger partial charge in [0.05, 0.1) is 12.7 Å². The molecule has 0 amide bonds. The maximum atomic E-state index is 5.79. The molecule has 0 aliphatic carbocycles. The van der Waals surface area contributed by atoms with Crippen LogP contribution in [0.3, 0.4) is 0 Å². The van der Waals surface area contributed by atoms with Gasteiger partial charge in [-0.15, -0.1) is 0 Å². The second-order valence-corrected chi connectivity index (χ2v) is 6.22. The van der Waals surface area contributed by atoms with Crippen molar-refractivity contribution in [2.45, 2.75) is 46.3 Å². The Morgan fingerprint density at radius 3 is 2.69 bits per heavy atom. The standard InChI is InChI=1S/C13H28N2O/c1-11(14-7-6-13(2,3)4)12-10-15(5)8-9-16-12/h11-12,14H,6-10H2,1-5H3/t11-,12+/m0/s1. The van der Waals surface area contributed by atoms with Gasteiger partial charge in [0, 0.05) is 19.1 Å². The first-order chi connectivity index (χ1) is 7.38. The number of rotatable bonds is 4. The summed E-state index contributed by atoms with van der Waals surface area (Å²) in [7, 11) is 2.16. The van der Waals surface area contributed by atoms with Crippen molar-refractivity contribution in [1.82, 2.24) is 10.2 Å². The highest BCUT2D eigenvalue weighted by atomic mass is 16.5. The van der Waals surface area contributed by atoms with E-state index >= 15 is 0 Å². The molecule has 0 bridgehead atoms. The summed E-state index contributed by atoms with van der Waals surface area (Å²) in [6, 6.07) is 0.449. The molecule has 0 saturated carbocycles. The third kappa shape index (κ3) is 5.28. The van der Waals surface area contributed by atoms with Gasteiger partial charge < -0.3 is 15.0 Å². The Balaban J connectivity index is 2.21. The Morgan fingerprint density at radius 1 is 1.44 bits per heavy atom. The van der Waals surface area contributed by atoms with Gasteiger partial charge in [-0.05, 0) is 32.4 Å². The van der Waals surface area contributed by atoms with Crippen LogP contribution in [-0.2, 0) is 4.74 Å². The van der Waals surface area contributed by atoms with Crippen LogP contribution in [0.15, 0.2) is 0 Å². The van der Waals surface area contributed by atoms with E-state index in [2.05, 4.69) is 45.0 Å². The fourth-order valence-corrected chi connectivity index (χ4v) is 1.92. The normalized spacial score (nSPS) is 25.7. The molecule has 16 heavy (non-hydrogen) atoms. The van der Waals surface area contributed by atoms with E-state index in [4.69, 9.17) is 4.74 Å². The summed E-state index contributed by atoms with van der Waals surface area (Å²) in [6.45, 7) is 13.1. The van der Waals surface area contributed by atoms with Crippen LogP contribution < -0.4 is 5.32 Å². The molecule has 1 fully saturated rings. The summed E-state index contributed by atoms with van der Waals surface area (Å²) < 4.78 is 5.79. The van der Waals surface area contributed by atoms with E-state index in [-0.39, 0.29) is 0 Å². The monoisotopic (exact) mass is 228 g/mol. The molecule has 1 heterocycles. The van der Waals surface area contributed by atoms with Crippen molar-refractivity contribution in [3.63, 3.8) is 0 Å². The third-order valence-electron chi connectivity index (χ3n) is 3.20. The molecule has 2 atom stereocenters. The van der Waals surface area contributed by atoms with E-state index in [1.807, 2.05) is 0 Å². The summed E-state index contributed by atoms with van der Waals surface area (Å²) in [5, 5.41) is 3.58. The quantitative estimate of drug-likeness (QED) is 0.793. The van der Waals surface area contributed by atoms with E-state index in [0.29, 0.717) is 17.6 Å². The highest BCUT2D eigenvalue weighted by molar-refractivity contribution is 4.79. The first-order valence-corrected chi connectivity index (χ1v) is 6.42. The number of nitrogens with zero attached hydrogens (tertiary/aromatic N) is 1. The van der Waals surface area contributed by atoms with Crippen LogP contribution in [0.4, 0.5) is 0 Å². The van der Waals surface area contributed by atoms with Gasteiger partial charge in [0.2, 0.25) is 0 Å². The summed E-state index contributed by atoms with van der Waals surface area (Å²) in [5.74, 6) is 0. The van der Waals surface area contributed by atoms with Crippen molar-refractivity contribution < 1.29 is 4.74 Å². The van der Waals surface area contributed by atoms with Gasteiger partial charge in [-0.25, -0.2) is 0 Å². The zero-order valence-corrected chi connectivity index (χ0v) is 11.5. The molecule has 1 aliphatic heterocycles. The smallest absolute Gasteiger partial charge is 0.0852 e. The predicted octanol–water partition coefficient (Wildman–Crippen LogP) is 1.73. The molecule has 0 aromatic rings. The Labute approximate surface area is 101 Å². The number of likely N-dealkylation sites (N-methyl/N-ethyl adjacent to an activating group) is 1. The van der Waals surface area contributed by atoms with Crippen LogP contribution in [0.1, 0.15) is 34.1 Å². The molecule has 0 aromatic carbocycles. The SMILES string of the molecule is C[C@H](NCCC(C)(C)C)[C@H]1CN(C)CCO1. The van der Waals surface area contributed by atoms with Crippen LogP contribution in [0, 0.1) is 5.41 Å². The maximum absolute atomic E-state index is 5.79. The molecule has 3 heteroatoms. The summed E-state index contributed by atoms with van der Waals surface area (Å²) in [4.78, 5) is 2.34. The predicted molar refractivity (Wildman–Crippen MR) is 68.8 cm³/mol. The largest absolute Gasteiger partial charge is 0.374 e. The lowest BCUT2D eigenvalue weighted by Gasteiger charge is -2.34. The van der Waals surface area contributed by atoms with Gasteiger partial charge >= 0.3 is 0 Å². The van der Waals surface area contributed by atoms with Crippen molar-refractivity contribution >= 4 is 0 Å². The molecule has 96 valence electrons. The van der Waals surface area contributed by atoms with Gasteiger partial charge in [-0.1, -0.05) is 20.8 Å². The maximum Gasteiger partial charge on any atom is 0.0852 e. The Bertz CT molecular complexity index is 201. The lowest BCUT2D eigenvalue weighted by Crippen LogP contribution is -2.50. The molecule has 0 radical (unpaired) electrons. The Hall–Kier alpha value is -0.120. The van der Waals surface area contributed by atoms with Crippen molar-refractivity contribution in [2.24, 2.45) is 5.41 Å². The molecular weight excluding hydrogens is 200 g/mol. The second-order valence-electron chi connectivity index (χ2n) is 6.22. The zero-order valence-electron chi connectivity index (χ0n) is 11.5. The number of nitrogens with one attached hydrogen (secondary N) is 1. The van der Waals surface area contributed by atoms with E-state index in [0.717, 1.165) is 26.2 Å². The average molecular weight is 228 g/mol. The summed E-state index contributed by atoms with van der Waals surface area (Å²) >= 11 is 0. The lowest BCUT2D eigenvalue weighted by molar-refractivity contribution is -0.0355. The number of morpholine rings is 1. The highest BCUT2D eigenvalue weighted by Gasteiger charge is 2.23. The fraction of sp³-hybridized carbons (Fsp3) is 1.00. The Morgan fingerprint density at radius 2 is 2.12 bits per heavy atom. The van der Waals surface area contributed by atoms with Crippen LogP contribution >= 0.6 is 0 Å². The van der Waals surface area contributed by atoms with Gasteiger partial charge in [0.25, 0.3) is 0 Å². The van der Waals surface area contributed by atoms with Crippen molar-refractivity contribution in [2.75, 3.05) is 33.3 Å². The first-order valence-electron chi connectivity index (χ1n) is 6.42. The molecule has 0 unspecified atom stereocenters. The fourth-order valence-electron chi connectivity index (χ4n) is 1.92. The molecule has 1 aliphatic rings. The second kappa shape index (κ2) is 5.99. The molecule has 0 aromatic heterocycles. The van der Waals surface area contributed by atoms with Crippen LogP contribution in [0.5, 0.6) is 0 Å². The number of hydrogen-bond acceptors (Lipinski definition) is 3. The number of hydrogen-bond donors (Lipinski definition) is 1.